The van der Waals surface area contributed by atoms with Gasteiger partial charge in [0.05, 0.1) is 5.69 Å². The minimum absolute atomic E-state index is 0.0950. The second kappa shape index (κ2) is 8.93. The van der Waals surface area contributed by atoms with Crippen LogP contribution in [0.2, 0.25) is 0 Å². The summed E-state index contributed by atoms with van der Waals surface area (Å²) < 4.78 is 0.880. The van der Waals surface area contributed by atoms with Gasteiger partial charge >= 0.3 is 6.03 Å². The van der Waals surface area contributed by atoms with Gasteiger partial charge in [-0.05, 0) is 61.2 Å². The average molecular weight is 489 g/mol. The maximum Gasteiger partial charge on any atom is 0.335 e. The first-order valence-corrected chi connectivity index (χ1v) is 10.9. The number of halogens is 1. The van der Waals surface area contributed by atoms with Crippen molar-refractivity contribution in [3.8, 4) is 0 Å². The highest BCUT2D eigenvalue weighted by molar-refractivity contribution is 9.10. The molecule has 1 saturated heterocycles. The summed E-state index contributed by atoms with van der Waals surface area (Å²) in [6.07, 6.45) is 2.26. The molecule has 0 aromatic heterocycles. The van der Waals surface area contributed by atoms with E-state index in [-0.39, 0.29) is 5.57 Å². The van der Waals surface area contributed by atoms with Crippen molar-refractivity contribution in [3.63, 3.8) is 0 Å². The van der Waals surface area contributed by atoms with E-state index in [9.17, 15) is 14.4 Å². The molecule has 0 aliphatic carbocycles. The van der Waals surface area contributed by atoms with Gasteiger partial charge in [0.1, 0.15) is 5.57 Å². The normalized spacial score (nSPS) is 15.3. The Morgan fingerprint density at radius 3 is 2.25 bits per heavy atom. The molecule has 1 aliphatic heterocycles. The Labute approximate surface area is 194 Å². The fraction of sp³-hybridized carbons (Fsp3) is 0.115. The number of hydrogen-bond acceptors (Lipinski definition) is 3. The highest BCUT2D eigenvalue weighted by Gasteiger charge is 2.36. The van der Waals surface area contributed by atoms with Gasteiger partial charge in [-0.1, -0.05) is 75.6 Å². The van der Waals surface area contributed by atoms with Gasteiger partial charge in [0, 0.05) is 4.47 Å². The van der Waals surface area contributed by atoms with Crippen LogP contribution in [0, 0.1) is 13.8 Å². The lowest BCUT2D eigenvalue weighted by atomic mass is 9.99. The maximum absolute atomic E-state index is 13.0. The standard InChI is InChI=1S/C26H21BrN2O3/c1-16-10-17(2)12-19(11-16)13-20-9-8-18(15-23(20)27)14-22-24(30)28-26(32)29(25(22)31)21-6-4-3-5-7-21/h3-12,14-15H,13H2,1-2H3,(H,28,30,32)/b22-14+. The Kier molecular flexibility index (Phi) is 6.06. The van der Waals surface area contributed by atoms with Crippen LogP contribution < -0.4 is 10.2 Å². The van der Waals surface area contributed by atoms with E-state index < -0.39 is 17.8 Å². The first kappa shape index (κ1) is 21.7. The summed E-state index contributed by atoms with van der Waals surface area (Å²) in [6.45, 7) is 4.16. The maximum atomic E-state index is 13.0. The first-order chi connectivity index (χ1) is 15.3. The average Bonchev–Trinajstić information content (AvgIpc) is 2.73. The van der Waals surface area contributed by atoms with Gasteiger partial charge in [0.15, 0.2) is 0 Å². The Balaban J connectivity index is 1.62. The third kappa shape index (κ3) is 4.55. The lowest BCUT2D eigenvalue weighted by Gasteiger charge is -2.26. The topological polar surface area (TPSA) is 66.5 Å². The molecule has 1 heterocycles. The van der Waals surface area contributed by atoms with Crippen LogP contribution in [0.3, 0.4) is 0 Å². The molecule has 160 valence electrons. The molecule has 3 aromatic rings. The van der Waals surface area contributed by atoms with Crippen LogP contribution in [0.5, 0.6) is 0 Å². The number of hydrogen-bond donors (Lipinski definition) is 1. The number of benzene rings is 3. The van der Waals surface area contributed by atoms with E-state index >= 15 is 0 Å². The minimum atomic E-state index is -0.756. The van der Waals surface area contributed by atoms with Crippen LogP contribution >= 0.6 is 15.9 Å². The molecule has 4 rings (SSSR count). The zero-order chi connectivity index (χ0) is 22.8. The molecule has 1 aliphatic rings. The molecule has 0 radical (unpaired) electrons. The zero-order valence-electron chi connectivity index (χ0n) is 17.7. The van der Waals surface area contributed by atoms with Crippen molar-refractivity contribution in [1.29, 1.82) is 0 Å². The van der Waals surface area contributed by atoms with Gasteiger partial charge in [-0.2, -0.15) is 0 Å². The zero-order valence-corrected chi connectivity index (χ0v) is 19.3. The molecule has 0 bridgehead atoms. The molecule has 32 heavy (non-hydrogen) atoms. The predicted octanol–water partition coefficient (Wildman–Crippen LogP) is 5.32. The fourth-order valence-electron chi connectivity index (χ4n) is 3.82. The minimum Gasteiger partial charge on any atom is -0.273 e. The lowest BCUT2D eigenvalue weighted by Crippen LogP contribution is -2.54. The number of carbonyl (C=O) groups is 3. The van der Waals surface area contributed by atoms with E-state index in [0.29, 0.717) is 11.3 Å². The van der Waals surface area contributed by atoms with Gasteiger partial charge in [-0.25, -0.2) is 9.69 Å². The fourth-order valence-corrected chi connectivity index (χ4v) is 4.36. The van der Waals surface area contributed by atoms with Crippen LogP contribution in [0.15, 0.2) is 76.8 Å². The Morgan fingerprint density at radius 1 is 0.906 bits per heavy atom. The number of amides is 4. The number of urea groups is 1. The van der Waals surface area contributed by atoms with E-state index in [0.717, 1.165) is 21.4 Å². The summed E-state index contributed by atoms with van der Waals surface area (Å²) in [5.74, 6) is -1.36. The van der Waals surface area contributed by atoms with E-state index in [4.69, 9.17) is 0 Å². The lowest BCUT2D eigenvalue weighted by molar-refractivity contribution is -0.122. The van der Waals surface area contributed by atoms with E-state index in [1.54, 1.807) is 30.3 Å². The summed E-state index contributed by atoms with van der Waals surface area (Å²) >= 11 is 3.62. The van der Waals surface area contributed by atoms with Crippen LogP contribution in [-0.4, -0.2) is 17.8 Å². The van der Waals surface area contributed by atoms with Gasteiger partial charge < -0.3 is 0 Å². The van der Waals surface area contributed by atoms with Crippen molar-refractivity contribution in [1.82, 2.24) is 5.32 Å². The van der Waals surface area contributed by atoms with Crippen molar-refractivity contribution in [2.45, 2.75) is 20.3 Å². The summed E-state index contributed by atoms with van der Waals surface area (Å²) in [5.41, 5.74) is 5.74. The molecule has 0 spiro atoms. The summed E-state index contributed by atoms with van der Waals surface area (Å²) in [7, 11) is 0. The number of imide groups is 2. The molecule has 4 amide bonds. The van der Waals surface area contributed by atoms with Crippen molar-refractivity contribution < 1.29 is 14.4 Å². The smallest absolute Gasteiger partial charge is 0.273 e. The summed E-state index contributed by atoms with van der Waals surface area (Å²) in [6, 6.07) is 19.9. The van der Waals surface area contributed by atoms with Gasteiger partial charge in [-0.15, -0.1) is 0 Å². The quantitative estimate of drug-likeness (QED) is 0.399. The van der Waals surface area contributed by atoms with E-state index in [1.165, 1.54) is 22.8 Å². The van der Waals surface area contributed by atoms with Crippen LogP contribution in [0.1, 0.15) is 27.8 Å². The molecule has 5 nitrogen and oxygen atoms in total. The molecule has 6 heteroatoms. The molecule has 1 N–H and O–H groups in total. The van der Waals surface area contributed by atoms with Crippen molar-refractivity contribution >= 4 is 45.5 Å². The first-order valence-electron chi connectivity index (χ1n) is 10.1. The molecule has 1 fully saturated rings. The highest BCUT2D eigenvalue weighted by Crippen LogP contribution is 2.26. The highest BCUT2D eigenvalue weighted by atomic mass is 79.9. The molecular weight excluding hydrogens is 468 g/mol. The van der Waals surface area contributed by atoms with Crippen LogP contribution in [0.4, 0.5) is 10.5 Å². The molecule has 0 atom stereocenters. The Hall–Kier alpha value is -3.51. The SMILES string of the molecule is Cc1cc(C)cc(Cc2ccc(/C=C3\C(=O)NC(=O)N(c4ccccc4)C3=O)cc2Br)c1. The van der Waals surface area contributed by atoms with Gasteiger partial charge in [-0.3, -0.25) is 14.9 Å². The number of rotatable bonds is 4. The number of nitrogens with zero attached hydrogens (tertiary/aromatic N) is 1. The van der Waals surface area contributed by atoms with Crippen molar-refractivity contribution in [2.75, 3.05) is 4.90 Å². The summed E-state index contributed by atoms with van der Waals surface area (Å²) in [4.78, 5) is 38.6. The number of nitrogens with one attached hydrogen (secondary N) is 1. The molecule has 0 saturated carbocycles. The molecular formula is C26H21BrN2O3. The largest absolute Gasteiger partial charge is 0.335 e. The molecule has 0 unspecified atom stereocenters. The third-order valence-corrected chi connectivity index (χ3v) is 5.92. The second-order valence-electron chi connectivity index (χ2n) is 7.82. The number of para-hydroxylation sites is 1. The second-order valence-corrected chi connectivity index (χ2v) is 8.67. The number of aryl methyl sites for hydroxylation is 2. The number of carbonyl (C=O) groups excluding carboxylic acids is 3. The van der Waals surface area contributed by atoms with Crippen LogP contribution in [0.25, 0.3) is 6.08 Å². The molecule has 3 aromatic carbocycles. The van der Waals surface area contributed by atoms with E-state index in [1.807, 2.05) is 18.2 Å². The Morgan fingerprint density at radius 2 is 1.59 bits per heavy atom. The predicted molar refractivity (Wildman–Crippen MR) is 128 cm³/mol. The number of anilines is 1. The van der Waals surface area contributed by atoms with Crippen molar-refractivity contribution in [3.05, 3.63) is 105 Å². The van der Waals surface area contributed by atoms with Gasteiger partial charge in [0.2, 0.25) is 0 Å². The van der Waals surface area contributed by atoms with Gasteiger partial charge in [0.25, 0.3) is 11.8 Å². The third-order valence-electron chi connectivity index (χ3n) is 5.18. The van der Waals surface area contributed by atoms with Crippen molar-refractivity contribution in [2.24, 2.45) is 0 Å². The Bertz CT molecular complexity index is 1250. The monoisotopic (exact) mass is 488 g/mol. The summed E-state index contributed by atoms with van der Waals surface area (Å²) in [5, 5.41) is 2.25. The number of barbiturate groups is 1. The van der Waals surface area contributed by atoms with Crippen LogP contribution in [-0.2, 0) is 16.0 Å². The van der Waals surface area contributed by atoms with E-state index in [2.05, 4.69) is 53.3 Å².